The van der Waals surface area contributed by atoms with E-state index >= 15 is 0 Å². The molecular formula is C21H20N4O3. The Bertz CT molecular complexity index is 1090. The second kappa shape index (κ2) is 7.66. The minimum atomic E-state index is -0.353. The number of rotatable bonds is 6. The Labute approximate surface area is 161 Å². The SMILES string of the molecule is C[C@@H](CO)NC(=O)c1cc(-c2ccccc2)nc2c1cnn2Cc1ccco1. The van der Waals surface area contributed by atoms with E-state index in [9.17, 15) is 9.90 Å². The third-order valence-corrected chi connectivity index (χ3v) is 4.46. The summed E-state index contributed by atoms with van der Waals surface area (Å²) in [5.74, 6) is 0.473. The number of benzene rings is 1. The van der Waals surface area contributed by atoms with Crippen LogP contribution in [-0.2, 0) is 6.54 Å². The number of aromatic nitrogens is 3. The number of nitrogens with zero attached hydrogens (tertiary/aromatic N) is 3. The van der Waals surface area contributed by atoms with Crippen LogP contribution in [0.1, 0.15) is 23.0 Å². The highest BCUT2D eigenvalue weighted by molar-refractivity contribution is 6.06. The molecule has 3 heterocycles. The van der Waals surface area contributed by atoms with Crippen molar-refractivity contribution in [3.63, 3.8) is 0 Å². The number of amides is 1. The Kier molecular flexibility index (Phi) is 4.90. The van der Waals surface area contributed by atoms with Crippen LogP contribution in [0.2, 0.25) is 0 Å². The fourth-order valence-electron chi connectivity index (χ4n) is 3.01. The quantitative estimate of drug-likeness (QED) is 0.540. The summed E-state index contributed by atoms with van der Waals surface area (Å²) >= 11 is 0. The number of carbonyl (C=O) groups excluding carboxylic acids is 1. The van der Waals surface area contributed by atoms with Gasteiger partial charge in [-0.2, -0.15) is 5.10 Å². The Balaban J connectivity index is 1.84. The van der Waals surface area contributed by atoms with Crippen LogP contribution in [0, 0.1) is 0 Å². The molecule has 1 amide bonds. The lowest BCUT2D eigenvalue weighted by molar-refractivity contribution is 0.0924. The normalized spacial score (nSPS) is 12.2. The molecule has 3 aromatic heterocycles. The molecule has 142 valence electrons. The van der Waals surface area contributed by atoms with Gasteiger partial charge in [-0.3, -0.25) is 4.79 Å². The molecule has 0 aliphatic carbocycles. The van der Waals surface area contributed by atoms with E-state index in [4.69, 9.17) is 9.40 Å². The van der Waals surface area contributed by atoms with Crippen LogP contribution < -0.4 is 5.32 Å². The molecule has 0 saturated carbocycles. The number of hydrogen-bond acceptors (Lipinski definition) is 5. The first-order chi connectivity index (χ1) is 13.7. The van der Waals surface area contributed by atoms with Gasteiger partial charge in [0.2, 0.25) is 0 Å². The van der Waals surface area contributed by atoms with Gasteiger partial charge in [-0.1, -0.05) is 30.3 Å². The zero-order chi connectivity index (χ0) is 19.5. The van der Waals surface area contributed by atoms with Gasteiger partial charge in [0.15, 0.2) is 5.65 Å². The summed E-state index contributed by atoms with van der Waals surface area (Å²) in [7, 11) is 0. The molecule has 0 spiro atoms. The molecule has 0 saturated heterocycles. The summed E-state index contributed by atoms with van der Waals surface area (Å²) in [4.78, 5) is 17.6. The number of pyridine rings is 1. The van der Waals surface area contributed by atoms with Gasteiger partial charge in [0.1, 0.15) is 12.3 Å². The topological polar surface area (TPSA) is 93.2 Å². The molecule has 0 fully saturated rings. The number of nitrogens with one attached hydrogen (secondary N) is 1. The lowest BCUT2D eigenvalue weighted by atomic mass is 10.1. The van der Waals surface area contributed by atoms with E-state index in [2.05, 4.69) is 10.4 Å². The monoisotopic (exact) mass is 376 g/mol. The van der Waals surface area contributed by atoms with Crippen LogP contribution in [-0.4, -0.2) is 38.4 Å². The maximum absolute atomic E-state index is 12.8. The molecule has 0 radical (unpaired) electrons. The second-order valence-electron chi connectivity index (χ2n) is 6.60. The number of fused-ring (bicyclic) bond motifs is 1. The van der Waals surface area contributed by atoms with E-state index in [0.717, 1.165) is 11.3 Å². The van der Waals surface area contributed by atoms with Gasteiger partial charge in [-0.15, -0.1) is 0 Å². The van der Waals surface area contributed by atoms with Gasteiger partial charge >= 0.3 is 0 Å². The van der Waals surface area contributed by atoms with E-state index in [1.54, 1.807) is 30.1 Å². The zero-order valence-electron chi connectivity index (χ0n) is 15.4. The number of carbonyl (C=O) groups is 1. The minimum Gasteiger partial charge on any atom is -0.467 e. The van der Waals surface area contributed by atoms with Gasteiger partial charge < -0.3 is 14.8 Å². The summed E-state index contributed by atoms with van der Waals surface area (Å²) in [6, 6.07) is 14.8. The fraction of sp³-hybridized carbons (Fsp3) is 0.190. The molecule has 1 atom stereocenters. The van der Waals surface area contributed by atoms with E-state index in [1.807, 2.05) is 42.5 Å². The lowest BCUT2D eigenvalue weighted by Crippen LogP contribution is -2.35. The third-order valence-electron chi connectivity index (χ3n) is 4.46. The van der Waals surface area contributed by atoms with Crippen LogP contribution >= 0.6 is 0 Å². The molecule has 4 rings (SSSR count). The standard InChI is InChI=1S/C21H20N4O3/c1-14(13-26)23-21(27)17-10-19(15-6-3-2-4-7-15)24-20-18(17)11-22-25(20)12-16-8-5-9-28-16/h2-11,14,26H,12-13H2,1H3,(H,23,27)/t14-/m0/s1. The Hall–Kier alpha value is -3.45. The summed E-state index contributed by atoms with van der Waals surface area (Å²) in [6.07, 6.45) is 3.25. The summed E-state index contributed by atoms with van der Waals surface area (Å²) in [5, 5.41) is 17.1. The molecule has 1 aromatic carbocycles. The molecule has 4 aromatic rings. The molecule has 0 aliphatic rings. The van der Waals surface area contributed by atoms with Crippen LogP contribution in [0.3, 0.4) is 0 Å². The van der Waals surface area contributed by atoms with Crippen molar-refractivity contribution in [3.8, 4) is 11.3 Å². The average Bonchev–Trinajstić information content (AvgIpc) is 3.38. The predicted molar refractivity (Wildman–Crippen MR) is 105 cm³/mol. The van der Waals surface area contributed by atoms with Crippen molar-refractivity contribution in [1.82, 2.24) is 20.1 Å². The van der Waals surface area contributed by atoms with Crippen LogP contribution in [0.4, 0.5) is 0 Å². The van der Waals surface area contributed by atoms with Crippen molar-refractivity contribution in [2.75, 3.05) is 6.61 Å². The number of aliphatic hydroxyl groups is 1. The molecule has 2 N–H and O–H groups in total. The number of furan rings is 1. The number of aliphatic hydroxyl groups excluding tert-OH is 1. The van der Waals surface area contributed by atoms with Gasteiger partial charge in [-0.25, -0.2) is 9.67 Å². The average molecular weight is 376 g/mol. The Morgan fingerprint density at radius 1 is 1.25 bits per heavy atom. The van der Waals surface area contributed by atoms with E-state index in [-0.39, 0.29) is 18.6 Å². The Morgan fingerprint density at radius 2 is 2.07 bits per heavy atom. The third kappa shape index (κ3) is 3.52. The summed E-state index contributed by atoms with van der Waals surface area (Å²) < 4.78 is 7.13. The Morgan fingerprint density at radius 3 is 2.79 bits per heavy atom. The smallest absolute Gasteiger partial charge is 0.252 e. The number of hydrogen-bond donors (Lipinski definition) is 2. The van der Waals surface area contributed by atoms with Gasteiger partial charge in [0, 0.05) is 11.6 Å². The fourth-order valence-corrected chi connectivity index (χ4v) is 3.01. The largest absolute Gasteiger partial charge is 0.467 e. The van der Waals surface area contributed by atoms with Crippen molar-refractivity contribution in [3.05, 3.63) is 72.3 Å². The first kappa shape index (κ1) is 17.9. The molecule has 0 bridgehead atoms. The van der Waals surface area contributed by atoms with Gasteiger partial charge in [0.25, 0.3) is 5.91 Å². The highest BCUT2D eigenvalue weighted by Crippen LogP contribution is 2.25. The lowest BCUT2D eigenvalue weighted by Gasteiger charge is -2.12. The van der Waals surface area contributed by atoms with Gasteiger partial charge in [-0.05, 0) is 25.1 Å². The molecular weight excluding hydrogens is 356 g/mol. The summed E-state index contributed by atoms with van der Waals surface area (Å²) in [5.41, 5.74) is 2.64. The molecule has 0 unspecified atom stereocenters. The molecule has 7 nitrogen and oxygen atoms in total. The highest BCUT2D eigenvalue weighted by atomic mass is 16.3. The first-order valence-electron chi connectivity index (χ1n) is 9.02. The first-order valence-corrected chi connectivity index (χ1v) is 9.02. The highest BCUT2D eigenvalue weighted by Gasteiger charge is 2.19. The predicted octanol–water partition coefficient (Wildman–Crippen LogP) is 2.85. The van der Waals surface area contributed by atoms with Crippen molar-refractivity contribution < 1.29 is 14.3 Å². The van der Waals surface area contributed by atoms with E-state index in [1.165, 1.54) is 0 Å². The van der Waals surface area contributed by atoms with Crippen molar-refractivity contribution in [2.24, 2.45) is 0 Å². The molecule has 7 heteroatoms. The van der Waals surface area contributed by atoms with Crippen LogP contribution in [0.15, 0.2) is 65.4 Å². The van der Waals surface area contributed by atoms with Crippen LogP contribution in [0.25, 0.3) is 22.3 Å². The van der Waals surface area contributed by atoms with Crippen LogP contribution in [0.5, 0.6) is 0 Å². The maximum Gasteiger partial charge on any atom is 0.252 e. The molecule has 0 aliphatic heterocycles. The van der Waals surface area contributed by atoms with Crippen molar-refractivity contribution in [2.45, 2.75) is 19.5 Å². The van der Waals surface area contributed by atoms with Gasteiger partial charge in [0.05, 0.1) is 35.7 Å². The van der Waals surface area contributed by atoms with Crippen molar-refractivity contribution in [1.29, 1.82) is 0 Å². The maximum atomic E-state index is 12.8. The summed E-state index contributed by atoms with van der Waals surface area (Å²) in [6.45, 7) is 2.02. The van der Waals surface area contributed by atoms with Crippen molar-refractivity contribution >= 4 is 16.9 Å². The minimum absolute atomic E-state index is 0.136. The second-order valence-corrected chi connectivity index (χ2v) is 6.60. The molecule has 28 heavy (non-hydrogen) atoms. The zero-order valence-corrected chi connectivity index (χ0v) is 15.4. The van der Waals surface area contributed by atoms with E-state index < -0.39 is 0 Å². The van der Waals surface area contributed by atoms with E-state index in [0.29, 0.717) is 28.8 Å².